The number of carbonyl (C=O) groups is 1. The second kappa shape index (κ2) is 7.88. The van der Waals surface area contributed by atoms with Crippen molar-refractivity contribution >= 4 is 11.6 Å². The first-order valence-corrected chi connectivity index (χ1v) is 8.50. The topological polar surface area (TPSA) is 45.9 Å². The zero-order valence-corrected chi connectivity index (χ0v) is 14.1. The molecule has 0 aromatic heterocycles. The number of carbonyl (C=O) groups excluding carboxylic acids is 1. The number of hydrogen-bond donors (Lipinski definition) is 2. The third-order valence-electron chi connectivity index (χ3n) is 4.46. The van der Waals surface area contributed by atoms with Gasteiger partial charge >= 0.3 is 0 Å². The molecule has 1 amide bonds. The van der Waals surface area contributed by atoms with E-state index in [1.165, 1.54) is 5.56 Å². The van der Waals surface area contributed by atoms with E-state index in [1.807, 2.05) is 31.2 Å². The minimum Gasteiger partial charge on any atom is -0.331 e. The normalized spacial score (nSPS) is 17.4. The number of aryl methyl sites for hydroxylation is 1. The van der Waals surface area contributed by atoms with Crippen LogP contribution in [0.15, 0.2) is 59.7 Å². The van der Waals surface area contributed by atoms with Crippen LogP contribution in [0.2, 0.25) is 0 Å². The number of nitrogens with one attached hydrogen (secondary N) is 2. The summed E-state index contributed by atoms with van der Waals surface area (Å²) in [7, 11) is 0. The van der Waals surface area contributed by atoms with Gasteiger partial charge in [0.1, 0.15) is 6.54 Å². The van der Waals surface area contributed by atoms with Crippen LogP contribution in [0, 0.1) is 6.92 Å². The second-order valence-corrected chi connectivity index (χ2v) is 6.40. The Hall–Kier alpha value is -2.46. The summed E-state index contributed by atoms with van der Waals surface area (Å²) in [5.41, 5.74) is 6.95. The summed E-state index contributed by atoms with van der Waals surface area (Å²) in [6.45, 7) is 5.19. The molecule has 0 saturated carbocycles. The maximum Gasteiger partial charge on any atom is 0.271 e. The van der Waals surface area contributed by atoms with Crippen LogP contribution < -0.4 is 10.3 Å². The van der Waals surface area contributed by atoms with E-state index < -0.39 is 0 Å². The Labute approximate surface area is 143 Å². The Morgan fingerprint density at radius 3 is 2.38 bits per heavy atom. The maximum absolute atomic E-state index is 12.1. The molecular weight excluding hydrogens is 298 g/mol. The zero-order valence-electron chi connectivity index (χ0n) is 14.1. The van der Waals surface area contributed by atoms with Gasteiger partial charge < -0.3 is 4.90 Å². The summed E-state index contributed by atoms with van der Waals surface area (Å²) in [6, 6.07) is 18.1. The van der Waals surface area contributed by atoms with Crippen molar-refractivity contribution in [3.8, 4) is 0 Å². The first-order chi connectivity index (χ1) is 11.7. The van der Waals surface area contributed by atoms with Gasteiger partial charge in [0.2, 0.25) is 0 Å². The zero-order chi connectivity index (χ0) is 16.8. The van der Waals surface area contributed by atoms with Crippen LogP contribution in [0.1, 0.15) is 34.3 Å². The SMILES string of the molecule is Cc1ccc(C(=O)NN=C2CC[NH+](Cc3ccccc3)CC2)cc1. The van der Waals surface area contributed by atoms with Gasteiger partial charge in [-0.15, -0.1) is 0 Å². The van der Waals surface area contributed by atoms with Gasteiger partial charge in [-0.2, -0.15) is 5.10 Å². The summed E-state index contributed by atoms with van der Waals surface area (Å²) in [6.07, 6.45) is 1.88. The Morgan fingerprint density at radius 2 is 1.71 bits per heavy atom. The number of likely N-dealkylation sites (tertiary alicyclic amines) is 1. The van der Waals surface area contributed by atoms with Crippen molar-refractivity contribution in [2.75, 3.05) is 13.1 Å². The average Bonchev–Trinajstić information content (AvgIpc) is 2.62. The van der Waals surface area contributed by atoms with Gasteiger partial charge in [-0.25, -0.2) is 5.43 Å². The van der Waals surface area contributed by atoms with Gasteiger partial charge in [-0.3, -0.25) is 4.79 Å². The number of hydrazone groups is 1. The van der Waals surface area contributed by atoms with E-state index in [9.17, 15) is 4.79 Å². The Kier molecular flexibility index (Phi) is 5.39. The van der Waals surface area contributed by atoms with Gasteiger partial charge in [-0.1, -0.05) is 48.0 Å². The van der Waals surface area contributed by atoms with Crippen molar-refractivity contribution < 1.29 is 9.69 Å². The van der Waals surface area contributed by atoms with Crippen molar-refractivity contribution in [1.29, 1.82) is 0 Å². The number of piperidine rings is 1. The van der Waals surface area contributed by atoms with E-state index >= 15 is 0 Å². The van der Waals surface area contributed by atoms with E-state index in [1.54, 1.807) is 4.90 Å². The largest absolute Gasteiger partial charge is 0.331 e. The highest BCUT2D eigenvalue weighted by Crippen LogP contribution is 2.03. The fourth-order valence-corrected chi connectivity index (χ4v) is 2.96. The minimum absolute atomic E-state index is 0.137. The van der Waals surface area contributed by atoms with E-state index in [0.717, 1.165) is 43.8 Å². The predicted molar refractivity (Wildman–Crippen MR) is 96.2 cm³/mol. The van der Waals surface area contributed by atoms with Crippen molar-refractivity contribution in [2.24, 2.45) is 5.10 Å². The maximum atomic E-state index is 12.1. The smallest absolute Gasteiger partial charge is 0.271 e. The molecule has 1 aliphatic heterocycles. The lowest BCUT2D eigenvalue weighted by molar-refractivity contribution is -0.914. The van der Waals surface area contributed by atoms with Gasteiger partial charge in [-0.05, 0) is 19.1 Å². The Bertz CT molecular complexity index is 697. The molecule has 0 atom stereocenters. The molecule has 0 aliphatic carbocycles. The first-order valence-electron chi connectivity index (χ1n) is 8.50. The number of nitrogens with zero attached hydrogens (tertiary/aromatic N) is 1. The lowest BCUT2D eigenvalue weighted by atomic mass is 10.1. The molecule has 1 fully saturated rings. The van der Waals surface area contributed by atoms with Gasteiger partial charge in [0.15, 0.2) is 0 Å². The minimum atomic E-state index is -0.137. The number of benzene rings is 2. The Morgan fingerprint density at radius 1 is 1.04 bits per heavy atom. The molecule has 2 aromatic rings. The molecule has 124 valence electrons. The number of rotatable bonds is 4. The molecule has 0 spiro atoms. The fraction of sp³-hybridized carbons (Fsp3) is 0.300. The van der Waals surface area contributed by atoms with E-state index in [4.69, 9.17) is 0 Å². The van der Waals surface area contributed by atoms with E-state index in [-0.39, 0.29) is 5.91 Å². The summed E-state index contributed by atoms with van der Waals surface area (Å²) < 4.78 is 0. The third-order valence-corrected chi connectivity index (χ3v) is 4.46. The summed E-state index contributed by atoms with van der Waals surface area (Å²) in [4.78, 5) is 13.7. The van der Waals surface area contributed by atoms with Crippen LogP contribution in [-0.4, -0.2) is 24.7 Å². The van der Waals surface area contributed by atoms with Crippen molar-refractivity contribution in [1.82, 2.24) is 5.43 Å². The lowest BCUT2D eigenvalue weighted by Gasteiger charge is -2.24. The number of hydrogen-bond acceptors (Lipinski definition) is 2. The highest BCUT2D eigenvalue weighted by atomic mass is 16.2. The van der Waals surface area contributed by atoms with Gasteiger partial charge in [0, 0.05) is 29.7 Å². The molecule has 1 saturated heterocycles. The van der Waals surface area contributed by atoms with Crippen LogP contribution in [0.5, 0.6) is 0 Å². The molecular formula is C20H24N3O+. The molecule has 2 N–H and O–H groups in total. The monoisotopic (exact) mass is 322 g/mol. The highest BCUT2D eigenvalue weighted by molar-refractivity contribution is 5.95. The van der Waals surface area contributed by atoms with Crippen LogP contribution in [0.3, 0.4) is 0 Å². The van der Waals surface area contributed by atoms with Crippen molar-refractivity contribution in [2.45, 2.75) is 26.3 Å². The second-order valence-electron chi connectivity index (χ2n) is 6.40. The van der Waals surface area contributed by atoms with Crippen LogP contribution in [0.25, 0.3) is 0 Å². The van der Waals surface area contributed by atoms with Gasteiger partial charge in [0.25, 0.3) is 5.91 Å². The average molecular weight is 322 g/mol. The van der Waals surface area contributed by atoms with E-state index in [0.29, 0.717) is 5.56 Å². The third kappa shape index (κ3) is 4.52. The summed E-state index contributed by atoms with van der Waals surface area (Å²) >= 11 is 0. The summed E-state index contributed by atoms with van der Waals surface area (Å²) in [5, 5.41) is 4.33. The van der Waals surface area contributed by atoms with Crippen molar-refractivity contribution in [3.05, 3.63) is 71.3 Å². The molecule has 4 nitrogen and oxygen atoms in total. The van der Waals surface area contributed by atoms with Gasteiger partial charge in [0.05, 0.1) is 13.1 Å². The molecule has 1 heterocycles. The standard InChI is InChI=1S/C20H23N3O/c1-16-7-9-18(10-8-16)20(24)22-21-19-11-13-23(14-12-19)15-17-5-3-2-4-6-17/h2-10H,11-15H2,1H3,(H,22,24)/p+1. The van der Waals surface area contributed by atoms with E-state index in [2.05, 4.69) is 40.9 Å². The molecule has 1 aliphatic rings. The highest BCUT2D eigenvalue weighted by Gasteiger charge is 2.18. The molecule has 4 heteroatoms. The predicted octanol–water partition coefficient (Wildman–Crippen LogP) is 1.96. The van der Waals surface area contributed by atoms with Crippen LogP contribution >= 0.6 is 0 Å². The quantitative estimate of drug-likeness (QED) is 0.831. The molecule has 2 aromatic carbocycles. The molecule has 0 unspecified atom stereocenters. The molecule has 24 heavy (non-hydrogen) atoms. The first kappa shape index (κ1) is 16.4. The Balaban J connectivity index is 1.48. The molecule has 0 radical (unpaired) electrons. The van der Waals surface area contributed by atoms with Crippen LogP contribution in [0.4, 0.5) is 0 Å². The molecule has 0 bridgehead atoms. The number of quaternary nitrogens is 1. The number of amides is 1. The van der Waals surface area contributed by atoms with Crippen molar-refractivity contribution in [3.63, 3.8) is 0 Å². The fourth-order valence-electron chi connectivity index (χ4n) is 2.96. The lowest BCUT2D eigenvalue weighted by Crippen LogP contribution is -3.11. The summed E-state index contributed by atoms with van der Waals surface area (Å²) in [5.74, 6) is -0.137. The molecule has 3 rings (SSSR count). The van der Waals surface area contributed by atoms with Crippen LogP contribution in [-0.2, 0) is 6.54 Å².